The maximum atomic E-state index is 12.5. The number of phosphoric acid groups is 1. The molecule has 318 valence electrons. The summed E-state index contributed by atoms with van der Waals surface area (Å²) in [6, 6.07) is -1.55. The van der Waals surface area contributed by atoms with Crippen LogP contribution in [0.25, 0.3) is 0 Å². The van der Waals surface area contributed by atoms with Crippen molar-refractivity contribution in [2.24, 2.45) is 5.73 Å². The second kappa shape index (κ2) is 38.5. The lowest BCUT2D eigenvalue weighted by molar-refractivity contribution is -0.157. The van der Waals surface area contributed by atoms with E-state index in [-0.39, 0.29) is 6.42 Å². The number of hydrogen-bond acceptors (Lipinski definition) is 9. The van der Waals surface area contributed by atoms with Gasteiger partial charge < -0.3 is 25.2 Å². The highest BCUT2D eigenvalue weighted by atomic mass is 31.2. The van der Waals surface area contributed by atoms with Crippen LogP contribution in [0.1, 0.15) is 142 Å². The van der Waals surface area contributed by atoms with E-state index in [1.165, 1.54) is 69.9 Å². The summed E-state index contributed by atoms with van der Waals surface area (Å²) in [5, 5.41) is 8.87. The van der Waals surface area contributed by atoms with Gasteiger partial charge in [0.1, 0.15) is 12.6 Å². The highest BCUT2D eigenvalue weighted by Gasteiger charge is 2.27. The Morgan fingerprint density at radius 3 is 1.68 bits per heavy atom. The Balaban J connectivity index is 4.61. The van der Waals surface area contributed by atoms with Crippen LogP contribution in [-0.4, -0.2) is 59.9 Å². The van der Waals surface area contributed by atoms with Gasteiger partial charge in [0, 0.05) is 12.5 Å². The molecule has 0 amide bonds. The predicted molar refractivity (Wildman–Crippen MR) is 226 cm³/mol. The first-order valence-corrected chi connectivity index (χ1v) is 22.1. The van der Waals surface area contributed by atoms with Crippen LogP contribution in [0.3, 0.4) is 0 Å². The van der Waals surface area contributed by atoms with Gasteiger partial charge in [0.25, 0.3) is 0 Å². The van der Waals surface area contributed by atoms with Crippen molar-refractivity contribution in [2.45, 2.75) is 154 Å². The van der Waals surface area contributed by atoms with Crippen LogP contribution in [0.15, 0.2) is 85.1 Å². The number of carboxylic acid groups (broad SMARTS) is 1. The zero-order chi connectivity index (χ0) is 41.4. The summed E-state index contributed by atoms with van der Waals surface area (Å²) >= 11 is 0. The molecule has 56 heavy (non-hydrogen) atoms. The zero-order valence-electron chi connectivity index (χ0n) is 34.2. The fourth-order valence-electron chi connectivity index (χ4n) is 5.01. The minimum absolute atomic E-state index is 0.119. The summed E-state index contributed by atoms with van der Waals surface area (Å²) in [5.41, 5.74) is 5.31. The molecule has 0 fully saturated rings. The molecule has 3 atom stereocenters. The summed E-state index contributed by atoms with van der Waals surface area (Å²) in [6.07, 6.45) is 47.2. The van der Waals surface area contributed by atoms with Crippen molar-refractivity contribution in [2.75, 3.05) is 19.8 Å². The Morgan fingerprint density at radius 2 is 1.12 bits per heavy atom. The van der Waals surface area contributed by atoms with Gasteiger partial charge in [-0.05, 0) is 57.8 Å². The fraction of sp³-hybridized carbons (Fsp3) is 0.614. The van der Waals surface area contributed by atoms with Crippen LogP contribution in [0.4, 0.5) is 0 Å². The van der Waals surface area contributed by atoms with Crippen LogP contribution < -0.4 is 5.73 Å². The maximum Gasteiger partial charge on any atom is 0.472 e. The highest BCUT2D eigenvalue weighted by molar-refractivity contribution is 7.47. The summed E-state index contributed by atoms with van der Waals surface area (Å²) in [5.74, 6) is -2.73. The number of phosphoric ester groups is 1. The van der Waals surface area contributed by atoms with Crippen LogP contribution in [-0.2, 0) is 37.5 Å². The van der Waals surface area contributed by atoms with Gasteiger partial charge >= 0.3 is 25.7 Å². The Hall–Kier alpha value is -3.34. The van der Waals surface area contributed by atoms with E-state index in [9.17, 15) is 23.8 Å². The third-order valence-corrected chi connectivity index (χ3v) is 9.18. The summed E-state index contributed by atoms with van der Waals surface area (Å²) in [6.45, 7) is 2.49. The lowest BCUT2D eigenvalue weighted by atomic mass is 10.1. The van der Waals surface area contributed by atoms with Crippen LogP contribution in [0.2, 0.25) is 0 Å². The minimum atomic E-state index is -4.76. The topological polar surface area (TPSA) is 172 Å². The van der Waals surface area contributed by atoms with Crippen molar-refractivity contribution >= 4 is 25.7 Å². The molecule has 12 heteroatoms. The van der Waals surface area contributed by atoms with Crippen molar-refractivity contribution in [1.29, 1.82) is 0 Å². The average molecular weight is 806 g/mol. The van der Waals surface area contributed by atoms with E-state index in [1.807, 2.05) is 18.2 Å². The lowest BCUT2D eigenvalue weighted by Crippen LogP contribution is -2.34. The molecule has 0 bridgehead atoms. The van der Waals surface area contributed by atoms with Crippen LogP contribution >= 0.6 is 7.82 Å². The molecule has 11 nitrogen and oxygen atoms in total. The van der Waals surface area contributed by atoms with Gasteiger partial charge in [0.05, 0.1) is 13.2 Å². The molecule has 1 unspecified atom stereocenters. The van der Waals surface area contributed by atoms with Crippen molar-refractivity contribution in [3.63, 3.8) is 0 Å². The normalized spacial score (nSPS) is 14.6. The van der Waals surface area contributed by atoms with E-state index in [0.29, 0.717) is 12.8 Å². The Bertz CT molecular complexity index is 1270. The number of carbonyl (C=O) groups excluding carboxylic acids is 2. The molecule has 0 aromatic carbocycles. The second-order valence-electron chi connectivity index (χ2n) is 13.5. The minimum Gasteiger partial charge on any atom is -0.480 e. The largest absolute Gasteiger partial charge is 0.480 e. The number of ether oxygens (including phenoxy) is 2. The Kier molecular flexibility index (Phi) is 36.2. The number of unbranched alkanes of at least 4 members (excludes halogenated alkanes) is 12. The van der Waals surface area contributed by atoms with Gasteiger partial charge in [0.2, 0.25) is 0 Å². The van der Waals surface area contributed by atoms with Crippen molar-refractivity contribution in [3.05, 3.63) is 85.1 Å². The number of hydrogen-bond donors (Lipinski definition) is 3. The molecular weight excluding hydrogens is 733 g/mol. The van der Waals surface area contributed by atoms with Crippen molar-refractivity contribution < 1.29 is 47.5 Å². The molecule has 4 N–H and O–H groups in total. The lowest BCUT2D eigenvalue weighted by Gasteiger charge is -2.19. The number of aliphatic carboxylic acids is 1. The molecule has 0 heterocycles. The molecule has 0 saturated carbocycles. The number of esters is 2. The number of nitrogens with two attached hydrogens (primary N) is 1. The quantitative estimate of drug-likeness (QED) is 0.0136. The molecular formula is C44H72NO10P. The first-order valence-electron chi connectivity index (χ1n) is 20.7. The fourth-order valence-corrected chi connectivity index (χ4v) is 5.78. The van der Waals surface area contributed by atoms with E-state index >= 15 is 0 Å². The van der Waals surface area contributed by atoms with Crippen LogP contribution in [0, 0.1) is 0 Å². The third kappa shape index (κ3) is 37.6. The molecule has 0 aromatic heterocycles. The number of carboxylic acids is 1. The van der Waals surface area contributed by atoms with Gasteiger partial charge in [-0.3, -0.25) is 18.6 Å². The molecule has 0 aliphatic heterocycles. The number of allylic oxidation sites excluding steroid dienone is 13. The van der Waals surface area contributed by atoms with Crippen molar-refractivity contribution in [3.8, 4) is 0 Å². The SMILES string of the molecule is CC/C=C/C/C=C/C/C=C/C/C=C/C/C=C/CCCC(=O)OC[C@H](COP(=O)(O)OC[C@H](N)C(=O)O)OC(=O)/C=C/C=C/CCCCCCCCCCCCC. The molecule has 0 spiro atoms. The zero-order valence-corrected chi connectivity index (χ0v) is 35.1. The van der Waals surface area contributed by atoms with E-state index in [2.05, 4.69) is 67.0 Å². The Morgan fingerprint density at radius 1 is 0.625 bits per heavy atom. The van der Waals surface area contributed by atoms with E-state index in [1.54, 1.807) is 6.08 Å². The Labute approximate surface area is 337 Å². The molecule has 0 aromatic rings. The number of rotatable bonds is 37. The highest BCUT2D eigenvalue weighted by Crippen LogP contribution is 2.43. The smallest absolute Gasteiger partial charge is 0.472 e. The summed E-state index contributed by atoms with van der Waals surface area (Å²) in [4.78, 5) is 45.7. The van der Waals surface area contributed by atoms with E-state index < -0.39 is 57.7 Å². The molecule has 0 saturated heterocycles. The van der Waals surface area contributed by atoms with Gasteiger partial charge in [-0.1, -0.05) is 157 Å². The van der Waals surface area contributed by atoms with Crippen LogP contribution in [0.5, 0.6) is 0 Å². The van der Waals surface area contributed by atoms with Crippen molar-refractivity contribution in [1.82, 2.24) is 0 Å². The summed E-state index contributed by atoms with van der Waals surface area (Å²) < 4.78 is 32.4. The second-order valence-corrected chi connectivity index (χ2v) is 14.9. The molecule has 0 radical (unpaired) electrons. The first kappa shape index (κ1) is 52.7. The van der Waals surface area contributed by atoms with Gasteiger partial charge in [-0.15, -0.1) is 0 Å². The first-order chi connectivity index (χ1) is 27.1. The third-order valence-electron chi connectivity index (χ3n) is 8.23. The van der Waals surface area contributed by atoms with Gasteiger partial charge in [-0.2, -0.15) is 0 Å². The molecule has 0 aliphatic rings. The predicted octanol–water partition coefficient (Wildman–Crippen LogP) is 10.7. The number of carbonyl (C=O) groups is 3. The standard InChI is InChI=1S/C44H72NO10P/c1-3-5-7-9-11-13-15-17-19-20-22-23-25-27-29-31-33-35-42(46)52-37-40(38-53-56(50,51)54-39-41(45)44(48)49)55-43(47)36-34-32-30-28-26-24-21-18-16-14-12-10-8-6-4-2/h5,7,11,13,17,19,22-23,27,29-30,32,34,36,40-41H,3-4,6,8-10,12,14-16,18,20-21,24-26,28,31,33,35,37-39,45H2,1-2H3,(H,48,49)(H,50,51)/b7-5+,13-11+,19-17+,23-22+,29-27+,32-30+,36-34+/t40-,41+/m1/s1. The maximum absolute atomic E-state index is 12.5. The van der Waals surface area contributed by atoms with E-state index in [4.69, 9.17) is 24.8 Å². The average Bonchev–Trinajstić information content (AvgIpc) is 3.17. The van der Waals surface area contributed by atoms with E-state index in [0.717, 1.165) is 51.4 Å². The van der Waals surface area contributed by atoms with Gasteiger partial charge in [0.15, 0.2) is 6.10 Å². The molecule has 0 aliphatic carbocycles. The van der Waals surface area contributed by atoms with Gasteiger partial charge in [-0.25, -0.2) is 9.36 Å². The summed E-state index contributed by atoms with van der Waals surface area (Å²) in [7, 11) is -4.76. The monoisotopic (exact) mass is 805 g/mol. The molecule has 0 rings (SSSR count).